The first-order valence-corrected chi connectivity index (χ1v) is 8.34. The number of ether oxygens (including phenoxy) is 1. The fourth-order valence-corrected chi connectivity index (χ4v) is 3.25. The minimum atomic E-state index is -0.0607. The van der Waals surface area contributed by atoms with Crippen molar-refractivity contribution in [2.24, 2.45) is 0 Å². The second-order valence-electron chi connectivity index (χ2n) is 5.95. The molecule has 1 amide bonds. The molecule has 2 aromatic rings. The summed E-state index contributed by atoms with van der Waals surface area (Å²) in [7, 11) is 1.66. The van der Waals surface area contributed by atoms with E-state index in [0.717, 1.165) is 30.1 Å². The molecule has 1 N–H and O–H groups in total. The Balaban J connectivity index is 1.93. The van der Waals surface area contributed by atoms with E-state index in [9.17, 15) is 4.79 Å². The number of rotatable bonds is 4. The Hall–Kier alpha value is -2.34. The van der Waals surface area contributed by atoms with Crippen LogP contribution in [0.1, 0.15) is 34.7 Å². The average molecular weight is 328 g/mol. The van der Waals surface area contributed by atoms with Crippen LogP contribution in [0, 0.1) is 6.92 Å². The molecule has 6 heteroatoms. The Morgan fingerprint density at radius 2 is 2.21 bits per heavy atom. The van der Waals surface area contributed by atoms with Gasteiger partial charge in [-0.25, -0.2) is 0 Å². The average Bonchev–Trinajstić information content (AvgIpc) is 3.02. The van der Waals surface area contributed by atoms with Gasteiger partial charge in [-0.05, 0) is 26.0 Å². The minimum absolute atomic E-state index is 0.0253. The summed E-state index contributed by atoms with van der Waals surface area (Å²) >= 11 is 0. The Kier molecular flexibility index (Phi) is 4.85. The number of hydrogen-bond donors (Lipinski definition) is 1. The maximum absolute atomic E-state index is 13.0. The Labute approximate surface area is 142 Å². The smallest absolute Gasteiger partial charge is 0.274 e. The van der Waals surface area contributed by atoms with Gasteiger partial charge in [-0.15, -0.1) is 0 Å². The van der Waals surface area contributed by atoms with Crippen LogP contribution in [0.2, 0.25) is 0 Å². The molecular formula is C18H24N4O2. The van der Waals surface area contributed by atoms with E-state index in [4.69, 9.17) is 4.74 Å². The lowest BCUT2D eigenvalue weighted by atomic mass is 10.0. The zero-order chi connectivity index (χ0) is 17.1. The topological polar surface area (TPSA) is 59.4 Å². The van der Waals surface area contributed by atoms with E-state index in [-0.39, 0.29) is 11.9 Å². The zero-order valence-corrected chi connectivity index (χ0v) is 14.5. The molecule has 0 saturated carbocycles. The first kappa shape index (κ1) is 16.5. The number of piperazine rings is 1. The van der Waals surface area contributed by atoms with Crippen molar-refractivity contribution >= 4 is 5.91 Å². The van der Waals surface area contributed by atoms with Crippen molar-refractivity contribution in [2.75, 3.05) is 26.7 Å². The highest BCUT2D eigenvalue weighted by Gasteiger charge is 2.31. The number of aromatic nitrogens is 2. The molecule has 1 fully saturated rings. The van der Waals surface area contributed by atoms with Gasteiger partial charge in [-0.1, -0.05) is 18.2 Å². The molecule has 1 aromatic heterocycles. The van der Waals surface area contributed by atoms with Gasteiger partial charge in [0.1, 0.15) is 5.75 Å². The molecule has 1 aliphatic rings. The van der Waals surface area contributed by atoms with Crippen LogP contribution < -0.4 is 10.1 Å². The van der Waals surface area contributed by atoms with Crippen molar-refractivity contribution < 1.29 is 9.53 Å². The number of nitrogens with zero attached hydrogens (tertiary/aromatic N) is 3. The van der Waals surface area contributed by atoms with E-state index >= 15 is 0 Å². The van der Waals surface area contributed by atoms with Gasteiger partial charge in [-0.3, -0.25) is 9.48 Å². The fourth-order valence-electron chi connectivity index (χ4n) is 3.25. The lowest BCUT2D eigenvalue weighted by molar-refractivity contribution is 0.0624. The van der Waals surface area contributed by atoms with Gasteiger partial charge in [0.25, 0.3) is 5.91 Å². The quantitative estimate of drug-likeness (QED) is 0.933. The van der Waals surface area contributed by atoms with Crippen molar-refractivity contribution in [1.82, 2.24) is 20.0 Å². The van der Waals surface area contributed by atoms with E-state index in [1.807, 2.05) is 53.8 Å². The molecule has 128 valence electrons. The van der Waals surface area contributed by atoms with Gasteiger partial charge in [0.2, 0.25) is 0 Å². The molecule has 0 aliphatic carbocycles. The van der Waals surface area contributed by atoms with Crippen LogP contribution in [0.5, 0.6) is 5.75 Å². The maximum atomic E-state index is 13.0. The summed E-state index contributed by atoms with van der Waals surface area (Å²) in [5.41, 5.74) is 2.54. The van der Waals surface area contributed by atoms with Crippen LogP contribution in [0.3, 0.4) is 0 Å². The molecule has 3 rings (SSSR count). The molecule has 24 heavy (non-hydrogen) atoms. The highest BCUT2D eigenvalue weighted by Crippen LogP contribution is 2.31. The van der Waals surface area contributed by atoms with Crippen LogP contribution in [0.4, 0.5) is 0 Å². The predicted molar refractivity (Wildman–Crippen MR) is 92.3 cm³/mol. The fraction of sp³-hybridized carbons (Fsp3) is 0.444. The number of para-hydroxylation sites is 1. The number of carbonyl (C=O) groups excluding carboxylic acids is 1. The third kappa shape index (κ3) is 3.01. The summed E-state index contributed by atoms with van der Waals surface area (Å²) < 4.78 is 7.34. The molecule has 1 aromatic carbocycles. The highest BCUT2D eigenvalue weighted by molar-refractivity contribution is 5.93. The summed E-state index contributed by atoms with van der Waals surface area (Å²) in [5.74, 6) is 0.780. The molecule has 6 nitrogen and oxygen atoms in total. The van der Waals surface area contributed by atoms with Crippen LogP contribution in [0.15, 0.2) is 30.3 Å². The number of hydrogen-bond acceptors (Lipinski definition) is 4. The Morgan fingerprint density at radius 1 is 1.42 bits per heavy atom. The number of aryl methyl sites for hydroxylation is 2. The third-order valence-electron chi connectivity index (χ3n) is 4.50. The Bertz CT molecular complexity index is 726. The van der Waals surface area contributed by atoms with E-state index in [1.165, 1.54) is 0 Å². The van der Waals surface area contributed by atoms with Gasteiger partial charge in [0.05, 0.1) is 13.2 Å². The zero-order valence-electron chi connectivity index (χ0n) is 14.5. The summed E-state index contributed by atoms with van der Waals surface area (Å²) in [6, 6.07) is 9.68. The van der Waals surface area contributed by atoms with Crippen LogP contribution in [0.25, 0.3) is 0 Å². The Morgan fingerprint density at radius 3 is 2.92 bits per heavy atom. The highest BCUT2D eigenvalue weighted by atomic mass is 16.5. The second-order valence-corrected chi connectivity index (χ2v) is 5.95. The summed E-state index contributed by atoms with van der Waals surface area (Å²) in [6.45, 7) is 6.90. The van der Waals surface area contributed by atoms with Crippen molar-refractivity contribution in [3.05, 3.63) is 47.3 Å². The van der Waals surface area contributed by atoms with Gasteiger partial charge in [0.15, 0.2) is 5.69 Å². The number of amides is 1. The summed E-state index contributed by atoms with van der Waals surface area (Å²) in [4.78, 5) is 14.9. The summed E-state index contributed by atoms with van der Waals surface area (Å²) in [6.07, 6.45) is 0. The molecule has 0 bridgehead atoms. The standard InChI is InChI=1S/C18H24N4O2/c1-4-22-13(2)11-15(20-22)18(23)21-10-9-19-12-16(21)14-7-5-6-8-17(14)24-3/h5-8,11,16,19H,4,9-10,12H2,1-3H3. The number of carbonyl (C=O) groups is 1. The molecule has 1 atom stereocenters. The predicted octanol–water partition coefficient (Wildman–Crippen LogP) is 2.01. The van der Waals surface area contributed by atoms with E-state index in [0.29, 0.717) is 18.8 Å². The number of nitrogens with one attached hydrogen (secondary N) is 1. The second kappa shape index (κ2) is 7.05. The van der Waals surface area contributed by atoms with Crippen molar-refractivity contribution in [3.63, 3.8) is 0 Å². The molecule has 2 heterocycles. The van der Waals surface area contributed by atoms with Crippen molar-refractivity contribution in [3.8, 4) is 5.75 Å². The van der Waals surface area contributed by atoms with Gasteiger partial charge in [-0.2, -0.15) is 5.10 Å². The van der Waals surface area contributed by atoms with Gasteiger partial charge >= 0.3 is 0 Å². The maximum Gasteiger partial charge on any atom is 0.274 e. The molecule has 0 radical (unpaired) electrons. The normalized spacial score (nSPS) is 17.8. The van der Waals surface area contributed by atoms with Gasteiger partial charge in [0, 0.05) is 37.4 Å². The third-order valence-corrected chi connectivity index (χ3v) is 4.50. The van der Waals surface area contributed by atoms with Crippen LogP contribution in [-0.4, -0.2) is 47.3 Å². The van der Waals surface area contributed by atoms with Crippen molar-refractivity contribution in [1.29, 1.82) is 0 Å². The van der Waals surface area contributed by atoms with Gasteiger partial charge < -0.3 is 15.0 Å². The van der Waals surface area contributed by atoms with E-state index in [2.05, 4.69) is 10.4 Å². The lowest BCUT2D eigenvalue weighted by Gasteiger charge is -2.36. The van der Waals surface area contributed by atoms with Crippen LogP contribution in [-0.2, 0) is 6.54 Å². The lowest BCUT2D eigenvalue weighted by Crippen LogP contribution is -2.48. The number of benzene rings is 1. The van der Waals surface area contributed by atoms with Crippen LogP contribution >= 0.6 is 0 Å². The SMILES string of the molecule is CCn1nc(C(=O)N2CCNCC2c2ccccc2OC)cc1C. The molecule has 1 aliphatic heterocycles. The molecule has 0 spiro atoms. The first-order valence-electron chi connectivity index (χ1n) is 8.34. The van der Waals surface area contributed by atoms with Crippen molar-refractivity contribution in [2.45, 2.75) is 26.4 Å². The molecule has 1 saturated heterocycles. The first-order chi connectivity index (χ1) is 11.7. The van der Waals surface area contributed by atoms with E-state index < -0.39 is 0 Å². The summed E-state index contributed by atoms with van der Waals surface area (Å²) in [5, 5.41) is 7.82. The molecule has 1 unspecified atom stereocenters. The van der Waals surface area contributed by atoms with E-state index in [1.54, 1.807) is 7.11 Å². The number of methoxy groups -OCH3 is 1. The monoisotopic (exact) mass is 328 g/mol. The minimum Gasteiger partial charge on any atom is -0.496 e. The largest absolute Gasteiger partial charge is 0.496 e. The molecular weight excluding hydrogens is 304 g/mol.